The van der Waals surface area contributed by atoms with Crippen molar-refractivity contribution in [2.75, 3.05) is 6.54 Å². The number of piperidine rings is 1. The zero-order valence-electron chi connectivity index (χ0n) is 6.04. The van der Waals surface area contributed by atoms with Crippen LogP contribution in [0.1, 0.15) is 6.42 Å². The molecule has 0 saturated carbocycles. The SMILES string of the molecule is FC1NCC(C(F)(F)F)CC1Cl. The zero-order valence-corrected chi connectivity index (χ0v) is 6.79. The molecule has 12 heavy (non-hydrogen) atoms. The van der Waals surface area contributed by atoms with Crippen LogP contribution in [0.5, 0.6) is 0 Å². The average Bonchev–Trinajstić information content (AvgIpc) is 1.92. The Morgan fingerprint density at radius 2 is 1.92 bits per heavy atom. The summed E-state index contributed by atoms with van der Waals surface area (Å²) in [5.41, 5.74) is 0. The summed E-state index contributed by atoms with van der Waals surface area (Å²) in [5, 5.41) is 0.991. The van der Waals surface area contributed by atoms with E-state index in [9.17, 15) is 17.6 Å². The third-order valence-electron chi connectivity index (χ3n) is 1.85. The second-order valence-electron chi connectivity index (χ2n) is 2.80. The van der Waals surface area contributed by atoms with Gasteiger partial charge in [0.1, 0.15) is 0 Å². The minimum atomic E-state index is -4.28. The van der Waals surface area contributed by atoms with Crippen molar-refractivity contribution in [1.29, 1.82) is 0 Å². The van der Waals surface area contributed by atoms with E-state index in [1.165, 1.54) is 0 Å². The van der Waals surface area contributed by atoms with E-state index >= 15 is 0 Å². The fourth-order valence-electron chi connectivity index (χ4n) is 1.11. The Hall–Kier alpha value is -0.0300. The first-order chi connectivity index (χ1) is 5.41. The molecule has 3 atom stereocenters. The van der Waals surface area contributed by atoms with E-state index in [1.807, 2.05) is 0 Å². The molecule has 72 valence electrons. The van der Waals surface area contributed by atoms with Crippen LogP contribution >= 0.6 is 11.6 Å². The summed E-state index contributed by atoms with van der Waals surface area (Å²) in [6, 6.07) is 0. The van der Waals surface area contributed by atoms with Crippen molar-refractivity contribution < 1.29 is 17.6 Å². The lowest BCUT2D eigenvalue weighted by atomic mass is 9.98. The van der Waals surface area contributed by atoms with Crippen molar-refractivity contribution in [3.8, 4) is 0 Å². The van der Waals surface area contributed by atoms with E-state index in [-0.39, 0.29) is 13.0 Å². The van der Waals surface area contributed by atoms with Crippen molar-refractivity contribution in [3.05, 3.63) is 0 Å². The molecule has 1 aliphatic heterocycles. The normalized spacial score (nSPS) is 38.2. The Labute approximate surface area is 72.1 Å². The Bertz CT molecular complexity index is 160. The highest BCUT2D eigenvalue weighted by molar-refractivity contribution is 6.21. The van der Waals surface area contributed by atoms with Gasteiger partial charge in [0.05, 0.1) is 11.3 Å². The maximum atomic E-state index is 12.5. The van der Waals surface area contributed by atoms with Crippen molar-refractivity contribution in [3.63, 3.8) is 0 Å². The Morgan fingerprint density at radius 1 is 1.33 bits per heavy atom. The summed E-state index contributed by atoms with van der Waals surface area (Å²) in [6.45, 7) is -0.381. The molecule has 1 N–H and O–H groups in total. The lowest BCUT2D eigenvalue weighted by Gasteiger charge is -2.30. The van der Waals surface area contributed by atoms with Gasteiger partial charge < -0.3 is 0 Å². The first-order valence-corrected chi connectivity index (χ1v) is 3.93. The topological polar surface area (TPSA) is 12.0 Å². The number of hydrogen-bond acceptors (Lipinski definition) is 1. The van der Waals surface area contributed by atoms with Crippen molar-refractivity contribution in [2.45, 2.75) is 24.3 Å². The average molecular weight is 206 g/mol. The van der Waals surface area contributed by atoms with Gasteiger partial charge in [-0.2, -0.15) is 13.2 Å². The quantitative estimate of drug-likeness (QED) is 0.363. The summed E-state index contributed by atoms with van der Waals surface area (Å²) in [7, 11) is 0. The van der Waals surface area contributed by atoms with Gasteiger partial charge in [-0.3, -0.25) is 5.32 Å². The Kier molecular flexibility index (Phi) is 2.83. The molecular weight excluding hydrogens is 198 g/mol. The third-order valence-corrected chi connectivity index (χ3v) is 2.25. The number of nitrogens with one attached hydrogen (secondary N) is 1. The predicted molar refractivity (Wildman–Crippen MR) is 36.7 cm³/mol. The number of halogens is 5. The maximum absolute atomic E-state index is 12.5. The molecule has 0 radical (unpaired) electrons. The van der Waals surface area contributed by atoms with Gasteiger partial charge in [0, 0.05) is 6.54 Å². The van der Waals surface area contributed by atoms with E-state index in [0.717, 1.165) is 0 Å². The van der Waals surface area contributed by atoms with Crippen LogP contribution in [0.25, 0.3) is 0 Å². The molecule has 3 unspecified atom stereocenters. The van der Waals surface area contributed by atoms with Crippen LogP contribution in [-0.4, -0.2) is 24.4 Å². The van der Waals surface area contributed by atoms with Gasteiger partial charge in [0.15, 0.2) is 6.30 Å². The second kappa shape index (κ2) is 3.38. The van der Waals surface area contributed by atoms with Gasteiger partial charge in [0.25, 0.3) is 0 Å². The van der Waals surface area contributed by atoms with Crippen LogP contribution in [0.4, 0.5) is 17.6 Å². The molecule has 6 heteroatoms. The van der Waals surface area contributed by atoms with Gasteiger partial charge in [-0.15, -0.1) is 11.6 Å². The molecule has 1 heterocycles. The lowest BCUT2D eigenvalue weighted by molar-refractivity contribution is -0.181. The molecule has 1 saturated heterocycles. The molecule has 0 amide bonds. The van der Waals surface area contributed by atoms with E-state index in [0.29, 0.717) is 0 Å². The van der Waals surface area contributed by atoms with Crippen LogP contribution in [0, 0.1) is 5.92 Å². The summed E-state index contributed by atoms with van der Waals surface area (Å²) < 4.78 is 48.6. The zero-order chi connectivity index (χ0) is 9.35. The summed E-state index contributed by atoms with van der Waals surface area (Å²) in [6.07, 6.45) is -6.15. The molecule has 0 aliphatic carbocycles. The van der Waals surface area contributed by atoms with E-state index < -0.39 is 23.8 Å². The van der Waals surface area contributed by atoms with Crippen molar-refractivity contribution in [2.24, 2.45) is 5.92 Å². The van der Waals surface area contributed by atoms with Gasteiger partial charge in [-0.25, -0.2) is 4.39 Å². The minimum absolute atomic E-state index is 0.348. The first-order valence-electron chi connectivity index (χ1n) is 3.49. The molecule has 1 rings (SSSR count). The summed E-state index contributed by atoms with van der Waals surface area (Å²) in [4.78, 5) is 0. The van der Waals surface area contributed by atoms with E-state index in [4.69, 9.17) is 11.6 Å². The maximum Gasteiger partial charge on any atom is 0.393 e. The highest BCUT2D eigenvalue weighted by Gasteiger charge is 2.44. The van der Waals surface area contributed by atoms with Crippen molar-refractivity contribution >= 4 is 11.6 Å². The molecule has 1 fully saturated rings. The van der Waals surface area contributed by atoms with Gasteiger partial charge >= 0.3 is 6.18 Å². The Morgan fingerprint density at radius 3 is 2.33 bits per heavy atom. The molecular formula is C6H8ClF4N. The monoisotopic (exact) mass is 205 g/mol. The van der Waals surface area contributed by atoms with E-state index in [1.54, 1.807) is 0 Å². The molecule has 1 aliphatic rings. The third kappa shape index (κ3) is 2.23. The van der Waals surface area contributed by atoms with Gasteiger partial charge in [-0.1, -0.05) is 0 Å². The number of rotatable bonds is 0. The molecule has 0 aromatic rings. The fraction of sp³-hybridized carbons (Fsp3) is 1.00. The minimum Gasteiger partial charge on any atom is -0.286 e. The largest absolute Gasteiger partial charge is 0.393 e. The van der Waals surface area contributed by atoms with Crippen LogP contribution in [0.2, 0.25) is 0 Å². The van der Waals surface area contributed by atoms with Crippen LogP contribution in [0.15, 0.2) is 0 Å². The Balaban J connectivity index is 2.51. The first kappa shape index (κ1) is 10.1. The van der Waals surface area contributed by atoms with Gasteiger partial charge in [-0.05, 0) is 6.42 Å². The number of alkyl halides is 5. The van der Waals surface area contributed by atoms with Gasteiger partial charge in [0.2, 0.25) is 0 Å². The lowest BCUT2D eigenvalue weighted by Crippen LogP contribution is -2.48. The molecule has 1 nitrogen and oxygen atoms in total. The molecule has 0 aromatic heterocycles. The summed E-state index contributed by atoms with van der Waals surface area (Å²) >= 11 is 5.33. The molecule has 0 aromatic carbocycles. The van der Waals surface area contributed by atoms with E-state index in [2.05, 4.69) is 5.32 Å². The summed E-state index contributed by atoms with van der Waals surface area (Å²) in [5.74, 6) is -1.52. The molecule has 0 bridgehead atoms. The highest BCUT2D eigenvalue weighted by atomic mass is 35.5. The molecule has 0 spiro atoms. The van der Waals surface area contributed by atoms with Crippen LogP contribution < -0.4 is 5.32 Å². The standard InChI is InChI=1S/C6H8ClF4N/c7-4-1-3(6(9,10)11)2-12-5(4)8/h3-5,12H,1-2H2. The second-order valence-corrected chi connectivity index (χ2v) is 3.36. The fourth-order valence-corrected chi connectivity index (χ4v) is 1.41. The highest BCUT2D eigenvalue weighted by Crippen LogP contribution is 2.33. The number of hydrogen-bond donors (Lipinski definition) is 1. The van der Waals surface area contributed by atoms with Crippen LogP contribution in [-0.2, 0) is 0 Å². The predicted octanol–water partition coefficient (Wildman–Crippen LogP) is 2.06. The smallest absolute Gasteiger partial charge is 0.286 e. The van der Waals surface area contributed by atoms with Crippen LogP contribution in [0.3, 0.4) is 0 Å². The van der Waals surface area contributed by atoms with Crippen molar-refractivity contribution in [1.82, 2.24) is 5.32 Å².